The van der Waals surface area contributed by atoms with E-state index in [1.165, 1.54) is 0 Å². The number of aryl methyl sites for hydroxylation is 1. The van der Waals surface area contributed by atoms with Gasteiger partial charge in [-0.25, -0.2) is 4.98 Å². The Bertz CT molecular complexity index is 425. The van der Waals surface area contributed by atoms with E-state index in [0.29, 0.717) is 5.92 Å². The van der Waals surface area contributed by atoms with Gasteiger partial charge in [-0.15, -0.1) is 0 Å². The van der Waals surface area contributed by atoms with Gasteiger partial charge in [-0.2, -0.15) is 5.10 Å². The molecule has 0 radical (unpaired) electrons. The fraction of sp³-hybridized carbons (Fsp3) is 0.400. The highest BCUT2D eigenvalue weighted by Crippen LogP contribution is 2.13. The summed E-state index contributed by atoms with van der Waals surface area (Å²) in [6, 6.07) is 0. The van der Waals surface area contributed by atoms with Crippen LogP contribution in [0.2, 0.25) is 0 Å². The summed E-state index contributed by atoms with van der Waals surface area (Å²) >= 11 is 0. The van der Waals surface area contributed by atoms with Crippen LogP contribution in [0.1, 0.15) is 25.5 Å². The Labute approximate surface area is 83.2 Å². The van der Waals surface area contributed by atoms with Crippen LogP contribution >= 0.6 is 0 Å². The molecule has 0 saturated carbocycles. The van der Waals surface area contributed by atoms with Crippen LogP contribution in [0.15, 0.2) is 24.9 Å². The number of nitrogens with zero attached hydrogens (tertiary/aromatic N) is 4. The Morgan fingerprint density at radius 2 is 2.07 bits per heavy atom. The quantitative estimate of drug-likeness (QED) is 0.723. The van der Waals surface area contributed by atoms with E-state index in [0.717, 1.165) is 11.4 Å². The van der Waals surface area contributed by atoms with Gasteiger partial charge in [0.1, 0.15) is 0 Å². The van der Waals surface area contributed by atoms with Crippen molar-refractivity contribution < 1.29 is 0 Å². The molecule has 0 aromatic carbocycles. The molecule has 0 unspecified atom stereocenters. The normalized spacial score (nSPS) is 11.1. The third kappa shape index (κ3) is 1.55. The van der Waals surface area contributed by atoms with Crippen molar-refractivity contribution >= 4 is 0 Å². The first-order valence-corrected chi connectivity index (χ1v) is 4.69. The molecule has 2 aromatic heterocycles. The first kappa shape index (κ1) is 8.99. The summed E-state index contributed by atoms with van der Waals surface area (Å²) < 4.78 is 3.77. The van der Waals surface area contributed by atoms with Crippen LogP contribution < -0.4 is 0 Å². The van der Waals surface area contributed by atoms with E-state index in [-0.39, 0.29) is 0 Å². The van der Waals surface area contributed by atoms with E-state index in [1.54, 1.807) is 4.68 Å². The highest BCUT2D eigenvalue weighted by Gasteiger charge is 2.05. The lowest BCUT2D eigenvalue weighted by Crippen LogP contribution is -1.89. The minimum absolute atomic E-state index is 0.466. The molecule has 4 heteroatoms. The van der Waals surface area contributed by atoms with Crippen LogP contribution in [0.25, 0.3) is 5.69 Å². The lowest BCUT2D eigenvalue weighted by atomic mass is 10.2. The molecular weight excluding hydrogens is 176 g/mol. The Balaban J connectivity index is 2.33. The summed E-state index contributed by atoms with van der Waals surface area (Å²) in [5, 5.41) is 4.12. The molecule has 0 saturated heterocycles. The maximum absolute atomic E-state index is 4.33. The summed E-state index contributed by atoms with van der Waals surface area (Å²) in [6.45, 7) is 4.27. The third-order valence-electron chi connectivity index (χ3n) is 2.18. The van der Waals surface area contributed by atoms with Crippen molar-refractivity contribution in [2.24, 2.45) is 7.05 Å². The van der Waals surface area contributed by atoms with Crippen LogP contribution in [0.3, 0.4) is 0 Å². The van der Waals surface area contributed by atoms with E-state index in [4.69, 9.17) is 0 Å². The van der Waals surface area contributed by atoms with Crippen molar-refractivity contribution in [3.05, 3.63) is 30.6 Å². The molecule has 0 aliphatic heterocycles. The molecule has 0 amide bonds. The Kier molecular flexibility index (Phi) is 2.11. The zero-order valence-corrected chi connectivity index (χ0v) is 8.68. The van der Waals surface area contributed by atoms with Gasteiger partial charge in [-0.05, 0) is 5.92 Å². The molecule has 0 aliphatic carbocycles. The van der Waals surface area contributed by atoms with Crippen molar-refractivity contribution in [3.63, 3.8) is 0 Å². The topological polar surface area (TPSA) is 35.6 Å². The van der Waals surface area contributed by atoms with Crippen molar-refractivity contribution in [1.29, 1.82) is 0 Å². The molecule has 2 heterocycles. The number of rotatable bonds is 2. The van der Waals surface area contributed by atoms with Gasteiger partial charge >= 0.3 is 0 Å². The summed E-state index contributed by atoms with van der Waals surface area (Å²) in [7, 11) is 1.91. The molecule has 0 N–H and O–H groups in total. The second-order valence-electron chi connectivity index (χ2n) is 3.73. The van der Waals surface area contributed by atoms with E-state index < -0.39 is 0 Å². The molecule has 0 spiro atoms. The summed E-state index contributed by atoms with van der Waals surface area (Å²) in [6.07, 6.45) is 7.66. The second-order valence-corrected chi connectivity index (χ2v) is 3.73. The molecule has 2 rings (SSSR count). The van der Waals surface area contributed by atoms with Crippen molar-refractivity contribution in [2.75, 3.05) is 0 Å². The SMILES string of the molecule is CC(C)c1cn(-c2cnn(C)c2)cn1. The highest BCUT2D eigenvalue weighted by atomic mass is 15.3. The maximum Gasteiger partial charge on any atom is 0.0996 e. The van der Waals surface area contributed by atoms with Gasteiger partial charge in [-0.3, -0.25) is 4.68 Å². The zero-order valence-electron chi connectivity index (χ0n) is 8.68. The molecule has 0 bridgehead atoms. The minimum atomic E-state index is 0.466. The summed E-state index contributed by atoms with van der Waals surface area (Å²) in [5.41, 5.74) is 2.15. The first-order chi connectivity index (χ1) is 6.66. The van der Waals surface area contributed by atoms with E-state index in [9.17, 15) is 0 Å². The Morgan fingerprint density at radius 1 is 1.29 bits per heavy atom. The molecule has 0 fully saturated rings. The fourth-order valence-electron chi connectivity index (χ4n) is 1.32. The zero-order chi connectivity index (χ0) is 10.1. The number of imidazole rings is 1. The maximum atomic E-state index is 4.33. The third-order valence-corrected chi connectivity index (χ3v) is 2.18. The largest absolute Gasteiger partial charge is 0.303 e. The van der Waals surface area contributed by atoms with Crippen LogP contribution in [0.4, 0.5) is 0 Å². The number of aromatic nitrogens is 4. The van der Waals surface area contributed by atoms with Gasteiger partial charge < -0.3 is 4.57 Å². The monoisotopic (exact) mass is 190 g/mol. The first-order valence-electron chi connectivity index (χ1n) is 4.69. The molecule has 14 heavy (non-hydrogen) atoms. The minimum Gasteiger partial charge on any atom is -0.303 e. The summed E-state index contributed by atoms with van der Waals surface area (Å²) in [5.74, 6) is 0.466. The van der Waals surface area contributed by atoms with E-state index in [2.05, 4.69) is 23.9 Å². The lowest BCUT2D eigenvalue weighted by Gasteiger charge is -1.97. The molecule has 2 aromatic rings. The number of hydrogen-bond acceptors (Lipinski definition) is 2. The van der Waals surface area contributed by atoms with Crippen molar-refractivity contribution in [2.45, 2.75) is 19.8 Å². The summed E-state index contributed by atoms with van der Waals surface area (Å²) in [4.78, 5) is 4.33. The molecular formula is C10H14N4. The predicted molar refractivity (Wildman–Crippen MR) is 54.4 cm³/mol. The average Bonchev–Trinajstić information content (AvgIpc) is 2.70. The van der Waals surface area contributed by atoms with Crippen molar-refractivity contribution in [1.82, 2.24) is 19.3 Å². The van der Waals surface area contributed by atoms with E-state index in [1.807, 2.05) is 36.5 Å². The van der Waals surface area contributed by atoms with Crippen LogP contribution in [0, 0.1) is 0 Å². The van der Waals surface area contributed by atoms with Gasteiger partial charge in [0, 0.05) is 19.4 Å². The molecule has 74 valence electrons. The highest BCUT2D eigenvalue weighted by molar-refractivity contribution is 5.26. The second kappa shape index (κ2) is 3.29. The Morgan fingerprint density at radius 3 is 2.57 bits per heavy atom. The van der Waals surface area contributed by atoms with Crippen molar-refractivity contribution in [3.8, 4) is 5.69 Å². The fourth-order valence-corrected chi connectivity index (χ4v) is 1.32. The van der Waals surface area contributed by atoms with E-state index >= 15 is 0 Å². The average molecular weight is 190 g/mol. The van der Waals surface area contributed by atoms with Gasteiger partial charge in [0.15, 0.2) is 0 Å². The van der Waals surface area contributed by atoms with Gasteiger partial charge in [0.05, 0.1) is 23.9 Å². The lowest BCUT2D eigenvalue weighted by molar-refractivity contribution is 0.767. The van der Waals surface area contributed by atoms with Crippen LogP contribution in [0.5, 0.6) is 0 Å². The standard InChI is InChI=1S/C10H14N4/c1-8(2)10-6-14(7-11-10)9-4-12-13(3)5-9/h4-8H,1-3H3. The Hall–Kier alpha value is -1.58. The smallest absolute Gasteiger partial charge is 0.0996 e. The molecule has 0 aliphatic rings. The molecule has 4 nitrogen and oxygen atoms in total. The van der Waals surface area contributed by atoms with Gasteiger partial charge in [0.2, 0.25) is 0 Å². The van der Waals surface area contributed by atoms with Crippen LogP contribution in [-0.2, 0) is 7.05 Å². The molecule has 0 atom stereocenters. The predicted octanol–water partition coefficient (Wildman–Crippen LogP) is 1.73. The van der Waals surface area contributed by atoms with Gasteiger partial charge in [-0.1, -0.05) is 13.8 Å². The van der Waals surface area contributed by atoms with Gasteiger partial charge in [0.25, 0.3) is 0 Å². The van der Waals surface area contributed by atoms with Crippen LogP contribution in [-0.4, -0.2) is 19.3 Å². The number of hydrogen-bond donors (Lipinski definition) is 0.